The normalized spacial score (nSPS) is 9.90. The van der Waals surface area contributed by atoms with Crippen LogP contribution in [0.1, 0.15) is 43.2 Å². The van der Waals surface area contributed by atoms with Gasteiger partial charge in [0, 0.05) is 13.0 Å². The predicted octanol–water partition coefficient (Wildman–Crippen LogP) is 2.98. The number of carbonyl (C=O) groups is 1. The maximum Gasteiger partial charge on any atom is 0.220 e. The molecule has 0 aromatic heterocycles. The summed E-state index contributed by atoms with van der Waals surface area (Å²) < 4.78 is 0. The van der Waals surface area contributed by atoms with E-state index in [0.717, 1.165) is 45.2 Å². The third kappa shape index (κ3) is 8.94. The van der Waals surface area contributed by atoms with E-state index in [2.05, 4.69) is 36.5 Å². The zero-order valence-corrected chi connectivity index (χ0v) is 13.2. The van der Waals surface area contributed by atoms with Gasteiger partial charge in [0.15, 0.2) is 0 Å². The van der Waals surface area contributed by atoms with Crippen molar-refractivity contribution in [3.05, 3.63) is 35.4 Å². The molecule has 3 N–H and O–H groups in total. The minimum absolute atomic E-state index is 0. The van der Waals surface area contributed by atoms with E-state index in [-0.39, 0.29) is 18.3 Å². The highest BCUT2D eigenvalue weighted by atomic mass is 35.5. The number of carbonyl (C=O) groups excluding carboxylic acids is 1. The smallest absolute Gasteiger partial charge is 0.220 e. The zero-order valence-electron chi connectivity index (χ0n) is 12.4. The van der Waals surface area contributed by atoms with E-state index in [0.29, 0.717) is 6.42 Å². The molecule has 0 atom stereocenters. The van der Waals surface area contributed by atoms with Crippen LogP contribution < -0.4 is 11.1 Å². The van der Waals surface area contributed by atoms with E-state index < -0.39 is 0 Å². The number of hydrogen-bond donors (Lipinski definition) is 2. The summed E-state index contributed by atoms with van der Waals surface area (Å²) in [4.78, 5) is 11.6. The molecule has 1 amide bonds. The maximum absolute atomic E-state index is 11.6. The molecule has 0 aliphatic heterocycles. The molecule has 1 rings (SSSR count). The first-order valence-corrected chi connectivity index (χ1v) is 7.24. The first kappa shape index (κ1) is 18.9. The summed E-state index contributed by atoms with van der Waals surface area (Å²) in [7, 11) is 0. The van der Waals surface area contributed by atoms with Crippen LogP contribution in [0.4, 0.5) is 0 Å². The van der Waals surface area contributed by atoms with Gasteiger partial charge in [-0.25, -0.2) is 0 Å². The molecule has 4 heteroatoms. The van der Waals surface area contributed by atoms with E-state index in [1.54, 1.807) is 0 Å². The summed E-state index contributed by atoms with van der Waals surface area (Å²) in [6, 6.07) is 8.45. The number of rotatable bonds is 9. The monoisotopic (exact) mass is 298 g/mol. The Morgan fingerprint density at radius 1 is 1.10 bits per heavy atom. The van der Waals surface area contributed by atoms with Crippen molar-refractivity contribution in [1.82, 2.24) is 5.32 Å². The molecule has 3 nitrogen and oxygen atoms in total. The first-order chi connectivity index (χ1) is 9.22. The van der Waals surface area contributed by atoms with Crippen molar-refractivity contribution in [3.63, 3.8) is 0 Å². The Kier molecular flexibility index (Phi) is 11.1. The Bertz CT molecular complexity index is 365. The number of unbranched alkanes of at least 4 members (excludes halogenated alkanes) is 3. The number of benzene rings is 1. The Morgan fingerprint density at radius 3 is 2.40 bits per heavy atom. The molecule has 0 spiro atoms. The molecule has 1 aromatic rings. The Hall–Kier alpha value is -1.06. The van der Waals surface area contributed by atoms with E-state index >= 15 is 0 Å². The molecule has 1 aromatic carbocycles. The summed E-state index contributed by atoms with van der Waals surface area (Å²) in [5, 5.41) is 2.97. The highest BCUT2D eigenvalue weighted by Crippen LogP contribution is 2.04. The van der Waals surface area contributed by atoms with Crippen LogP contribution in [0.2, 0.25) is 0 Å². The zero-order chi connectivity index (χ0) is 13.9. The fourth-order valence-corrected chi connectivity index (χ4v) is 1.97. The fourth-order valence-electron chi connectivity index (χ4n) is 1.97. The van der Waals surface area contributed by atoms with Crippen molar-refractivity contribution < 1.29 is 4.79 Å². The van der Waals surface area contributed by atoms with Gasteiger partial charge >= 0.3 is 0 Å². The van der Waals surface area contributed by atoms with Crippen LogP contribution in [0.3, 0.4) is 0 Å². The van der Waals surface area contributed by atoms with Crippen molar-refractivity contribution in [3.8, 4) is 0 Å². The minimum Gasteiger partial charge on any atom is -0.356 e. The van der Waals surface area contributed by atoms with Crippen molar-refractivity contribution in [1.29, 1.82) is 0 Å². The fraction of sp³-hybridized carbons (Fsp3) is 0.562. The highest BCUT2D eigenvalue weighted by Gasteiger charge is 2.00. The van der Waals surface area contributed by atoms with Crippen LogP contribution in [0, 0.1) is 6.92 Å². The van der Waals surface area contributed by atoms with E-state index in [9.17, 15) is 4.79 Å². The SMILES string of the molecule is Cc1ccc(CCNC(=O)CCCCCCN)cc1.Cl. The maximum atomic E-state index is 11.6. The molecule has 0 aliphatic rings. The van der Waals surface area contributed by atoms with Crippen molar-refractivity contribution in [2.45, 2.75) is 45.4 Å². The second-order valence-corrected chi connectivity index (χ2v) is 5.04. The first-order valence-electron chi connectivity index (χ1n) is 7.24. The second-order valence-electron chi connectivity index (χ2n) is 5.04. The standard InChI is InChI=1S/C16H26N2O.ClH/c1-14-7-9-15(10-8-14)11-13-18-16(19)6-4-2-3-5-12-17;/h7-10H,2-6,11-13,17H2,1H3,(H,18,19);1H. The second kappa shape index (κ2) is 11.7. The van der Waals surface area contributed by atoms with Gasteiger partial charge in [-0.15, -0.1) is 12.4 Å². The lowest BCUT2D eigenvalue weighted by molar-refractivity contribution is -0.121. The van der Waals surface area contributed by atoms with Crippen LogP contribution >= 0.6 is 12.4 Å². The molecule has 0 radical (unpaired) electrons. The van der Waals surface area contributed by atoms with Gasteiger partial charge in [0.25, 0.3) is 0 Å². The summed E-state index contributed by atoms with van der Waals surface area (Å²) >= 11 is 0. The molecule has 114 valence electrons. The molecule has 0 fully saturated rings. The quantitative estimate of drug-likeness (QED) is 0.689. The number of halogens is 1. The lowest BCUT2D eigenvalue weighted by Crippen LogP contribution is -2.25. The third-order valence-corrected chi connectivity index (χ3v) is 3.21. The number of nitrogens with one attached hydrogen (secondary N) is 1. The van der Waals surface area contributed by atoms with E-state index in [1.165, 1.54) is 11.1 Å². The largest absolute Gasteiger partial charge is 0.356 e. The van der Waals surface area contributed by atoms with Gasteiger partial charge in [0.2, 0.25) is 5.91 Å². The van der Waals surface area contributed by atoms with Crippen LogP contribution in [0.5, 0.6) is 0 Å². The van der Waals surface area contributed by atoms with Gasteiger partial charge in [-0.05, 0) is 38.3 Å². The van der Waals surface area contributed by atoms with Gasteiger partial charge < -0.3 is 11.1 Å². The summed E-state index contributed by atoms with van der Waals surface area (Å²) in [6.45, 7) is 3.56. The number of hydrogen-bond acceptors (Lipinski definition) is 2. The molecular weight excluding hydrogens is 272 g/mol. The molecule has 20 heavy (non-hydrogen) atoms. The Morgan fingerprint density at radius 2 is 1.75 bits per heavy atom. The summed E-state index contributed by atoms with van der Waals surface area (Å²) in [5.41, 5.74) is 7.96. The van der Waals surface area contributed by atoms with Crippen LogP contribution in [0.15, 0.2) is 24.3 Å². The minimum atomic E-state index is 0. The number of amides is 1. The third-order valence-electron chi connectivity index (χ3n) is 3.21. The summed E-state index contributed by atoms with van der Waals surface area (Å²) in [5.74, 6) is 0.167. The van der Waals surface area contributed by atoms with Crippen molar-refractivity contribution in [2.24, 2.45) is 5.73 Å². The van der Waals surface area contributed by atoms with Crippen molar-refractivity contribution in [2.75, 3.05) is 13.1 Å². The molecule has 0 unspecified atom stereocenters. The van der Waals surface area contributed by atoms with Gasteiger partial charge in [-0.3, -0.25) is 4.79 Å². The lowest BCUT2D eigenvalue weighted by atomic mass is 10.1. The van der Waals surface area contributed by atoms with Gasteiger partial charge in [0.05, 0.1) is 0 Å². The number of nitrogens with two attached hydrogens (primary N) is 1. The molecule has 0 heterocycles. The average molecular weight is 299 g/mol. The van der Waals surface area contributed by atoms with Gasteiger partial charge in [0.1, 0.15) is 0 Å². The molecule has 0 saturated carbocycles. The Balaban J connectivity index is 0.00000361. The van der Waals surface area contributed by atoms with E-state index in [4.69, 9.17) is 5.73 Å². The molecule has 0 saturated heterocycles. The van der Waals surface area contributed by atoms with Gasteiger partial charge in [-0.2, -0.15) is 0 Å². The van der Waals surface area contributed by atoms with Crippen LogP contribution in [0.25, 0.3) is 0 Å². The molecule has 0 bridgehead atoms. The predicted molar refractivity (Wildman–Crippen MR) is 87.3 cm³/mol. The molecule has 0 aliphatic carbocycles. The summed E-state index contributed by atoms with van der Waals surface area (Å²) in [6.07, 6.45) is 5.80. The molecular formula is C16H27ClN2O. The van der Waals surface area contributed by atoms with Gasteiger partial charge in [-0.1, -0.05) is 42.7 Å². The van der Waals surface area contributed by atoms with Crippen molar-refractivity contribution >= 4 is 18.3 Å². The topological polar surface area (TPSA) is 55.1 Å². The highest BCUT2D eigenvalue weighted by molar-refractivity contribution is 5.85. The van der Waals surface area contributed by atoms with Crippen LogP contribution in [-0.2, 0) is 11.2 Å². The van der Waals surface area contributed by atoms with Crippen LogP contribution in [-0.4, -0.2) is 19.0 Å². The average Bonchev–Trinajstić information content (AvgIpc) is 2.41. The lowest BCUT2D eigenvalue weighted by Gasteiger charge is -2.05. The Labute approximate surface area is 128 Å². The number of aryl methyl sites for hydroxylation is 1. The van der Waals surface area contributed by atoms with E-state index in [1.807, 2.05) is 0 Å².